The Morgan fingerprint density at radius 3 is 2.25 bits per heavy atom. The molecule has 0 aliphatic carbocycles. The third-order valence-corrected chi connectivity index (χ3v) is 5.15. The van der Waals surface area contributed by atoms with Crippen molar-refractivity contribution in [2.45, 2.75) is 18.7 Å². The molecule has 2 rings (SSSR count). The first-order valence-corrected chi connectivity index (χ1v) is 10.2. The van der Waals surface area contributed by atoms with Gasteiger partial charge in [-0.3, -0.25) is 9.52 Å². The number of rotatable bonds is 8. The molecule has 2 amide bonds. The Morgan fingerprint density at radius 1 is 0.964 bits per heavy atom. The molecule has 0 saturated carbocycles. The Morgan fingerprint density at radius 2 is 1.61 bits per heavy atom. The summed E-state index contributed by atoms with van der Waals surface area (Å²) in [7, 11) is -3.76. The van der Waals surface area contributed by atoms with E-state index < -0.39 is 16.1 Å². The minimum absolute atomic E-state index is 0.0521. The number of anilines is 1. The SMILES string of the molecule is CCOC(=O)NCCNC(=O)c1ccc(S(=O)(=O)Nc2ccccc2C)cc1. The third-order valence-electron chi connectivity index (χ3n) is 3.77. The fourth-order valence-electron chi connectivity index (χ4n) is 2.30. The second-order valence-corrected chi connectivity index (χ2v) is 7.53. The average molecular weight is 405 g/mol. The monoisotopic (exact) mass is 405 g/mol. The van der Waals surface area contributed by atoms with Crippen LogP contribution in [0.3, 0.4) is 0 Å². The minimum atomic E-state index is -3.76. The Labute approximate surface area is 164 Å². The topological polar surface area (TPSA) is 114 Å². The first kappa shape index (κ1) is 21.2. The number of nitrogens with one attached hydrogen (secondary N) is 3. The number of ether oxygens (including phenoxy) is 1. The van der Waals surface area contributed by atoms with Crippen LogP contribution in [-0.2, 0) is 14.8 Å². The first-order valence-electron chi connectivity index (χ1n) is 8.71. The maximum Gasteiger partial charge on any atom is 0.407 e. The quantitative estimate of drug-likeness (QED) is 0.583. The van der Waals surface area contributed by atoms with Crippen LogP contribution in [0.1, 0.15) is 22.8 Å². The predicted octanol–water partition coefficient (Wildman–Crippen LogP) is 2.27. The predicted molar refractivity (Wildman–Crippen MR) is 106 cm³/mol. The van der Waals surface area contributed by atoms with E-state index in [1.165, 1.54) is 24.3 Å². The van der Waals surface area contributed by atoms with E-state index in [2.05, 4.69) is 15.4 Å². The number of hydrogen-bond acceptors (Lipinski definition) is 5. The van der Waals surface area contributed by atoms with Crippen LogP contribution in [0.2, 0.25) is 0 Å². The lowest BCUT2D eigenvalue weighted by molar-refractivity contribution is 0.0952. The molecule has 28 heavy (non-hydrogen) atoms. The maximum atomic E-state index is 12.5. The van der Waals surface area contributed by atoms with E-state index in [0.29, 0.717) is 11.3 Å². The number of sulfonamides is 1. The summed E-state index contributed by atoms with van der Waals surface area (Å²) in [5.74, 6) is -0.374. The number of benzene rings is 2. The van der Waals surface area contributed by atoms with Crippen molar-refractivity contribution in [1.82, 2.24) is 10.6 Å². The molecular formula is C19H23N3O5S. The molecule has 0 aliphatic rings. The lowest BCUT2D eigenvalue weighted by Gasteiger charge is -2.11. The van der Waals surface area contributed by atoms with Gasteiger partial charge in [-0.05, 0) is 49.7 Å². The molecule has 0 fully saturated rings. The van der Waals surface area contributed by atoms with Crippen LogP contribution < -0.4 is 15.4 Å². The standard InChI is InChI=1S/C19H23N3O5S/c1-3-27-19(24)21-13-12-20-18(23)15-8-10-16(11-9-15)28(25,26)22-17-7-5-4-6-14(17)2/h4-11,22H,3,12-13H2,1-2H3,(H,20,23)(H,21,24). The smallest absolute Gasteiger partial charge is 0.407 e. The van der Waals surface area contributed by atoms with Gasteiger partial charge in [-0.15, -0.1) is 0 Å². The molecule has 150 valence electrons. The van der Waals surface area contributed by atoms with E-state index in [1.807, 2.05) is 19.1 Å². The van der Waals surface area contributed by atoms with Gasteiger partial charge in [0.25, 0.3) is 15.9 Å². The summed E-state index contributed by atoms with van der Waals surface area (Å²) in [5, 5.41) is 5.11. The van der Waals surface area contributed by atoms with E-state index in [0.717, 1.165) is 5.56 Å². The van der Waals surface area contributed by atoms with E-state index in [9.17, 15) is 18.0 Å². The molecule has 0 spiro atoms. The first-order chi connectivity index (χ1) is 13.3. The molecule has 3 N–H and O–H groups in total. The number of carbonyl (C=O) groups is 2. The van der Waals surface area contributed by atoms with Crippen molar-refractivity contribution >= 4 is 27.7 Å². The zero-order chi connectivity index (χ0) is 20.6. The van der Waals surface area contributed by atoms with Crippen molar-refractivity contribution in [3.63, 3.8) is 0 Å². The van der Waals surface area contributed by atoms with Crippen molar-refractivity contribution < 1.29 is 22.7 Å². The van der Waals surface area contributed by atoms with E-state index >= 15 is 0 Å². The van der Waals surface area contributed by atoms with E-state index in [1.54, 1.807) is 19.1 Å². The van der Waals surface area contributed by atoms with Gasteiger partial charge in [-0.25, -0.2) is 13.2 Å². The highest BCUT2D eigenvalue weighted by Gasteiger charge is 2.16. The summed E-state index contributed by atoms with van der Waals surface area (Å²) in [6, 6.07) is 12.7. The molecule has 0 saturated heterocycles. The molecule has 0 bridgehead atoms. The highest BCUT2D eigenvalue weighted by atomic mass is 32.2. The number of para-hydroxylation sites is 1. The minimum Gasteiger partial charge on any atom is -0.450 e. The Hall–Kier alpha value is -3.07. The van der Waals surface area contributed by atoms with Crippen molar-refractivity contribution in [3.8, 4) is 0 Å². The summed E-state index contributed by atoms with van der Waals surface area (Å²) in [4.78, 5) is 23.3. The van der Waals surface area contributed by atoms with E-state index in [4.69, 9.17) is 4.74 Å². The third kappa shape index (κ3) is 5.98. The molecular weight excluding hydrogens is 382 g/mol. The molecule has 0 unspecified atom stereocenters. The van der Waals surface area contributed by atoms with Crippen LogP contribution in [0, 0.1) is 6.92 Å². The van der Waals surface area contributed by atoms with Gasteiger partial charge in [0.1, 0.15) is 0 Å². The maximum absolute atomic E-state index is 12.5. The van der Waals surface area contributed by atoms with Gasteiger partial charge in [-0.2, -0.15) is 0 Å². The van der Waals surface area contributed by atoms with Crippen molar-refractivity contribution in [2.75, 3.05) is 24.4 Å². The largest absolute Gasteiger partial charge is 0.450 e. The molecule has 0 aliphatic heterocycles. The number of aryl methyl sites for hydroxylation is 1. The normalized spacial score (nSPS) is 10.8. The second-order valence-electron chi connectivity index (χ2n) is 5.85. The van der Waals surface area contributed by atoms with E-state index in [-0.39, 0.29) is 30.5 Å². The molecule has 0 atom stereocenters. The lowest BCUT2D eigenvalue weighted by atomic mass is 10.2. The van der Waals surface area contributed by atoms with Gasteiger partial charge >= 0.3 is 6.09 Å². The number of hydrogen-bond donors (Lipinski definition) is 3. The summed E-state index contributed by atoms with van der Waals surface area (Å²) in [6.45, 7) is 4.21. The van der Waals surface area contributed by atoms with Crippen LogP contribution >= 0.6 is 0 Å². The molecule has 8 nitrogen and oxygen atoms in total. The Bertz CT molecular complexity index is 927. The molecule has 0 radical (unpaired) electrons. The highest BCUT2D eigenvalue weighted by Crippen LogP contribution is 2.19. The van der Waals surface area contributed by atoms with Crippen LogP contribution in [0.25, 0.3) is 0 Å². The molecule has 2 aromatic rings. The Kier molecular flexibility index (Phi) is 7.39. The number of alkyl carbamates (subject to hydrolysis) is 1. The van der Waals surface area contributed by atoms with Gasteiger partial charge in [0.2, 0.25) is 0 Å². The highest BCUT2D eigenvalue weighted by molar-refractivity contribution is 7.92. The lowest BCUT2D eigenvalue weighted by Crippen LogP contribution is -2.35. The van der Waals surface area contributed by atoms with Gasteiger partial charge < -0.3 is 15.4 Å². The summed E-state index contributed by atoms with van der Waals surface area (Å²) < 4.78 is 32.2. The molecule has 9 heteroatoms. The second kappa shape index (κ2) is 9.75. The van der Waals surface area contributed by atoms with Crippen molar-refractivity contribution in [1.29, 1.82) is 0 Å². The van der Waals surface area contributed by atoms with Gasteiger partial charge in [0.05, 0.1) is 17.2 Å². The fraction of sp³-hybridized carbons (Fsp3) is 0.263. The summed E-state index contributed by atoms with van der Waals surface area (Å²) in [6.07, 6.45) is -0.549. The summed E-state index contributed by atoms with van der Waals surface area (Å²) in [5.41, 5.74) is 1.61. The van der Waals surface area contributed by atoms with Gasteiger partial charge in [0, 0.05) is 18.7 Å². The molecule has 2 aromatic carbocycles. The van der Waals surface area contributed by atoms with Crippen LogP contribution in [0.15, 0.2) is 53.4 Å². The molecule has 0 aromatic heterocycles. The summed E-state index contributed by atoms with van der Waals surface area (Å²) >= 11 is 0. The van der Waals surface area contributed by atoms with Gasteiger partial charge in [-0.1, -0.05) is 18.2 Å². The molecule has 0 heterocycles. The van der Waals surface area contributed by atoms with Gasteiger partial charge in [0.15, 0.2) is 0 Å². The van der Waals surface area contributed by atoms with Crippen molar-refractivity contribution in [3.05, 3.63) is 59.7 Å². The number of amides is 2. The van der Waals surface area contributed by atoms with Crippen LogP contribution in [0.5, 0.6) is 0 Å². The Balaban J connectivity index is 1.94. The zero-order valence-electron chi connectivity index (χ0n) is 15.7. The number of carbonyl (C=O) groups excluding carboxylic acids is 2. The fourth-order valence-corrected chi connectivity index (χ4v) is 3.43. The van der Waals surface area contributed by atoms with Crippen molar-refractivity contribution in [2.24, 2.45) is 0 Å². The van der Waals surface area contributed by atoms with Crippen LogP contribution in [0.4, 0.5) is 10.5 Å². The average Bonchev–Trinajstić information content (AvgIpc) is 2.67. The zero-order valence-corrected chi connectivity index (χ0v) is 16.5. The van der Waals surface area contributed by atoms with Crippen LogP contribution in [-0.4, -0.2) is 40.1 Å².